The molecule has 0 spiro atoms. The lowest BCUT2D eigenvalue weighted by Gasteiger charge is -2.22. The quantitative estimate of drug-likeness (QED) is 0.640. The van der Waals surface area contributed by atoms with Gasteiger partial charge in [-0.3, -0.25) is 4.79 Å². The second kappa shape index (κ2) is 9.48. The van der Waals surface area contributed by atoms with Crippen molar-refractivity contribution < 1.29 is 31.1 Å². The fraction of sp³-hybridized carbons (Fsp3) is 0.350. The number of hydrogen-bond acceptors (Lipinski definition) is 4. The van der Waals surface area contributed by atoms with Gasteiger partial charge in [-0.2, -0.15) is 0 Å². The van der Waals surface area contributed by atoms with Crippen LogP contribution in [0.25, 0.3) is 0 Å². The Morgan fingerprint density at radius 3 is 2.30 bits per heavy atom. The summed E-state index contributed by atoms with van der Waals surface area (Å²) in [7, 11) is -3.65. The summed E-state index contributed by atoms with van der Waals surface area (Å²) in [5.74, 6) is -5.14. The van der Waals surface area contributed by atoms with Gasteiger partial charge in [0.2, 0.25) is 10.0 Å². The molecule has 1 fully saturated rings. The molecule has 3 rings (SSSR count). The van der Waals surface area contributed by atoms with E-state index in [0.717, 1.165) is 38.2 Å². The molecule has 2 aromatic carbocycles. The van der Waals surface area contributed by atoms with E-state index >= 15 is 0 Å². The number of halogens is 3. The summed E-state index contributed by atoms with van der Waals surface area (Å²) in [5, 5.41) is 2.08. The molecule has 0 aromatic heterocycles. The zero-order valence-electron chi connectivity index (χ0n) is 16.0. The highest BCUT2D eigenvalue weighted by Crippen LogP contribution is 2.22. The Balaban J connectivity index is 1.55. The number of rotatable bonds is 7. The molecule has 1 amide bonds. The van der Waals surface area contributed by atoms with Gasteiger partial charge in [0.1, 0.15) is 5.75 Å². The van der Waals surface area contributed by atoms with Crippen molar-refractivity contribution in [1.82, 2.24) is 4.72 Å². The lowest BCUT2D eigenvalue weighted by molar-refractivity contribution is -0.118. The number of anilines is 1. The highest BCUT2D eigenvalue weighted by molar-refractivity contribution is 7.89. The average Bonchev–Trinajstić information content (AvgIpc) is 2.73. The van der Waals surface area contributed by atoms with Gasteiger partial charge < -0.3 is 10.1 Å². The normalized spacial score (nSPS) is 15.0. The van der Waals surface area contributed by atoms with Crippen LogP contribution in [-0.2, 0) is 14.8 Å². The van der Waals surface area contributed by atoms with Gasteiger partial charge in [0.15, 0.2) is 24.1 Å². The molecule has 2 N–H and O–H groups in total. The van der Waals surface area contributed by atoms with E-state index in [1.165, 1.54) is 24.3 Å². The van der Waals surface area contributed by atoms with Gasteiger partial charge in [-0.25, -0.2) is 26.3 Å². The van der Waals surface area contributed by atoms with Crippen molar-refractivity contribution >= 4 is 21.6 Å². The van der Waals surface area contributed by atoms with Crippen molar-refractivity contribution in [1.29, 1.82) is 0 Å². The minimum absolute atomic E-state index is 0.0694. The van der Waals surface area contributed by atoms with Gasteiger partial charge in [-0.1, -0.05) is 19.3 Å². The Hall–Kier alpha value is -2.59. The topological polar surface area (TPSA) is 84.5 Å². The Kier molecular flexibility index (Phi) is 6.99. The van der Waals surface area contributed by atoms with Crippen molar-refractivity contribution in [2.45, 2.75) is 43.0 Å². The summed E-state index contributed by atoms with van der Waals surface area (Å²) in [6.07, 6.45) is 4.73. The van der Waals surface area contributed by atoms with Gasteiger partial charge >= 0.3 is 0 Å². The Bertz CT molecular complexity index is 1010. The highest BCUT2D eigenvalue weighted by Gasteiger charge is 2.22. The average molecular weight is 442 g/mol. The van der Waals surface area contributed by atoms with Crippen molar-refractivity contribution in [3.05, 3.63) is 53.8 Å². The molecule has 0 saturated heterocycles. The molecule has 0 radical (unpaired) electrons. The van der Waals surface area contributed by atoms with Crippen LogP contribution in [0.2, 0.25) is 0 Å². The first-order valence-electron chi connectivity index (χ1n) is 9.45. The monoisotopic (exact) mass is 442 g/mol. The van der Waals surface area contributed by atoms with Crippen LogP contribution in [0.3, 0.4) is 0 Å². The van der Waals surface area contributed by atoms with Gasteiger partial charge in [0, 0.05) is 6.04 Å². The minimum Gasteiger partial charge on any atom is -0.484 e. The number of amides is 1. The van der Waals surface area contributed by atoms with Crippen LogP contribution in [0.4, 0.5) is 18.9 Å². The number of carbonyl (C=O) groups is 1. The van der Waals surface area contributed by atoms with E-state index in [0.29, 0.717) is 6.07 Å². The van der Waals surface area contributed by atoms with E-state index in [1.807, 2.05) is 0 Å². The zero-order valence-corrected chi connectivity index (χ0v) is 16.8. The summed E-state index contributed by atoms with van der Waals surface area (Å²) in [5.41, 5.74) is -0.516. The summed E-state index contributed by atoms with van der Waals surface area (Å²) < 4.78 is 72.5. The highest BCUT2D eigenvalue weighted by atomic mass is 32.2. The van der Waals surface area contributed by atoms with Crippen LogP contribution in [-0.4, -0.2) is 27.0 Å². The Morgan fingerprint density at radius 2 is 1.63 bits per heavy atom. The van der Waals surface area contributed by atoms with Crippen molar-refractivity contribution in [3.63, 3.8) is 0 Å². The summed E-state index contributed by atoms with van der Waals surface area (Å²) >= 11 is 0. The van der Waals surface area contributed by atoms with E-state index in [9.17, 15) is 26.4 Å². The maximum absolute atomic E-state index is 13.6. The predicted octanol–water partition coefficient (Wildman–Crippen LogP) is 3.73. The molecule has 0 atom stereocenters. The molecule has 0 heterocycles. The second-order valence-electron chi connectivity index (χ2n) is 6.99. The summed E-state index contributed by atoms with van der Waals surface area (Å²) in [4.78, 5) is 11.9. The maximum atomic E-state index is 13.6. The maximum Gasteiger partial charge on any atom is 0.262 e. The number of nitrogens with one attached hydrogen (secondary N) is 2. The molecule has 10 heteroatoms. The number of ether oxygens (including phenoxy) is 1. The van der Waals surface area contributed by atoms with E-state index in [2.05, 4.69) is 10.0 Å². The zero-order chi connectivity index (χ0) is 21.7. The van der Waals surface area contributed by atoms with Gasteiger partial charge in [0.05, 0.1) is 10.6 Å². The van der Waals surface area contributed by atoms with Crippen LogP contribution in [0.5, 0.6) is 5.75 Å². The Morgan fingerprint density at radius 1 is 0.967 bits per heavy atom. The first-order valence-corrected chi connectivity index (χ1v) is 10.9. The number of sulfonamides is 1. The molecule has 0 unspecified atom stereocenters. The van der Waals surface area contributed by atoms with Crippen molar-refractivity contribution in [3.8, 4) is 5.75 Å². The molecular weight excluding hydrogens is 421 g/mol. The third-order valence-corrected chi connectivity index (χ3v) is 6.28. The SMILES string of the molecule is O=C(COc1ccc(S(=O)(=O)NC2CCCCC2)cc1)Nc1ccc(F)c(F)c1F. The minimum atomic E-state index is -3.65. The van der Waals surface area contributed by atoms with Crippen LogP contribution in [0, 0.1) is 17.5 Å². The van der Waals surface area contributed by atoms with E-state index < -0.39 is 45.7 Å². The fourth-order valence-electron chi connectivity index (χ4n) is 3.18. The molecule has 0 aliphatic heterocycles. The summed E-state index contributed by atoms with van der Waals surface area (Å²) in [6.45, 7) is -0.537. The molecule has 1 aliphatic rings. The lowest BCUT2D eigenvalue weighted by Crippen LogP contribution is -2.36. The first-order chi connectivity index (χ1) is 14.3. The van der Waals surface area contributed by atoms with E-state index in [-0.39, 0.29) is 16.7 Å². The van der Waals surface area contributed by atoms with Gasteiger partial charge in [-0.15, -0.1) is 0 Å². The molecule has 162 valence electrons. The standard InChI is InChI=1S/C20H21F3N2O4S/c21-16-10-11-17(20(23)19(16)22)24-18(26)12-29-14-6-8-15(9-7-14)30(27,28)25-13-4-2-1-3-5-13/h6-11,13,25H,1-5,12H2,(H,24,26). The van der Waals surface area contributed by atoms with Crippen LogP contribution in [0.1, 0.15) is 32.1 Å². The molecule has 0 bridgehead atoms. The second-order valence-corrected chi connectivity index (χ2v) is 8.70. The number of carbonyl (C=O) groups excluding carboxylic acids is 1. The smallest absolute Gasteiger partial charge is 0.262 e. The van der Waals surface area contributed by atoms with Gasteiger partial charge in [0.25, 0.3) is 5.91 Å². The van der Waals surface area contributed by atoms with Crippen LogP contribution < -0.4 is 14.8 Å². The number of hydrogen-bond donors (Lipinski definition) is 2. The van der Waals surface area contributed by atoms with Crippen molar-refractivity contribution in [2.75, 3.05) is 11.9 Å². The molecule has 1 saturated carbocycles. The predicted molar refractivity (Wildman–Crippen MR) is 104 cm³/mol. The van der Waals surface area contributed by atoms with Gasteiger partial charge in [-0.05, 0) is 49.2 Å². The molecule has 30 heavy (non-hydrogen) atoms. The summed E-state index contributed by atoms with van der Waals surface area (Å²) in [6, 6.07) is 7.00. The van der Waals surface area contributed by atoms with E-state index in [4.69, 9.17) is 4.74 Å². The largest absolute Gasteiger partial charge is 0.484 e. The first kappa shape index (κ1) is 22.1. The molecule has 2 aromatic rings. The Labute approximate surface area is 172 Å². The molecular formula is C20H21F3N2O4S. The number of benzene rings is 2. The van der Waals surface area contributed by atoms with Crippen LogP contribution in [0.15, 0.2) is 41.3 Å². The third kappa shape index (κ3) is 5.51. The third-order valence-electron chi connectivity index (χ3n) is 4.74. The molecule has 1 aliphatic carbocycles. The molecule has 6 nitrogen and oxygen atoms in total. The van der Waals surface area contributed by atoms with Crippen molar-refractivity contribution in [2.24, 2.45) is 0 Å². The van der Waals surface area contributed by atoms with Crippen LogP contribution >= 0.6 is 0 Å². The fourth-order valence-corrected chi connectivity index (χ4v) is 4.49. The van der Waals surface area contributed by atoms with E-state index in [1.54, 1.807) is 0 Å². The lowest BCUT2D eigenvalue weighted by atomic mass is 9.96.